The Morgan fingerprint density at radius 1 is 1.45 bits per heavy atom. The van der Waals surface area contributed by atoms with Crippen molar-refractivity contribution in [2.75, 3.05) is 13.1 Å². The summed E-state index contributed by atoms with van der Waals surface area (Å²) in [6.07, 6.45) is 2.32. The van der Waals surface area contributed by atoms with Gasteiger partial charge >= 0.3 is 0 Å². The lowest BCUT2D eigenvalue weighted by molar-refractivity contribution is 0.0922. The van der Waals surface area contributed by atoms with Gasteiger partial charge in [-0.25, -0.2) is 0 Å². The Bertz CT molecular complexity index is 475. The molecule has 0 aromatic heterocycles. The molecular weight excluding hydrogens is 274 g/mol. The number of carbonyl (C=O) groups is 1. The summed E-state index contributed by atoms with van der Waals surface area (Å²) in [5.74, 6) is 0.429. The third-order valence-corrected chi connectivity index (χ3v) is 3.68. The second-order valence-corrected chi connectivity index (χ2v) is 5.06. The molecular formula is C15H20ClN3O. The molecule has 0 aliphatic carbocycles. The van der Waals surface area contributed by atoms with E-state index in [1.54, 1.807) is 24.3 Å². The lowest BCUT2D eigenvalue weighted by Crippen LogP contribution is -2.44. The molecule has 5 heteroatoms. The van der Waals surface area contributed by atoms with Crippen molar-refractivity contribution in [3.05, 3.63) is 35.4 Å². The van der Waals surface area contributed by atoms with Crippen molar-refractivity contribution >= 4 is 18.3 Å². The normalized spacial score (nSPS) is 19.3. The molecule has 4 nitrogen and oxygen atoms in total. The zero-order chi connectivity index (χ0) is 13.7. The molecule has 2 unspecified atom stereocenters. The quantitative estimate of drug-likeness (QED) is 0.897. The summed E-state index contributed by atoms with van der Waals surface area (Å²) in [5, 5.41) is 15.1. The molecule has 1 aromatic rings. The Balaban J connectivity index is 0.00000200. The largest absolute Gasteiger partial charge is 0.349 e. The van der Waals surface area contributed by atoms with Gasteiger partial charge in [0, 0.05) is 11.6 Å². The molecule has 2 N–H and O–H groups in total. The van der Waals surface area contributed by atoms with Crippen LogP contribution in [0.3, 0.4) is 0 Å². The Hall–Kier alpha value is -1.57. The van der Waals surface area contributed by atoms with E-state index in [-0.39, 0.29) is 24.4 Å². The lowest BCUT2D eigenvalue weighted by Gasteiger charge is -2.28. The van der Waals surface area contributed by atoms with Crippen LogP contribution in [0.15, 0.2) is 24.3 Å². The maximum Gasteiger partial charge on any atom is 0.251 e. The van der Waals surface area contributed by atoms with Crippen molar-refractivity contribution in [1.82, 2.24) is 10.6 Å². The highest BCUT2D eigenvalue weighted by Gasteiger charge is 2.21. The van der Waals surface area contributed by atoms with Gasteiger partial charge < -0.3 is 10.6 Å². The molecule has 1 aliphatic heterocycles. The Kier molecular flexibility index (Phi) is 6.50. The number of amides is 1. The zero-order valence-electron chi connectivity index (χ0n) is 11.6. The summed E-state index contributed by atoms with van der Waals surface area (Å²) in [6.45, 7) is 4.10. The summed E-state index contributed by atoms with van der Waals surface area (Å²) in [4.78, 5) is 12.1. The number of hydrogen-bond acceptors (Lipinski definition) is 3. The van der Waals surface area contributed by atoms with Gasteiger partial charge in [0.2, 0.25) is 0 Å². The van der Waals surface area contributed by atoms with Crippen molar-refractivity contribution in [3.63, 3.8) is 0 Å². The summed E-state index contributed by atoms with van der Waals surface area (Å²) in [7, 11) is 0. The highest BCUT2D eigenvalue weighted by Crippen LogP contribution is 2.14. The summed E-state index contributed by atoms with van der Waals surface area (Å²) >= 11 is 0. The molecule has 0 saturated carbocycles. The molecule has 2 rings (SSSR count). The van der Waals surface area contributed by atoms with Gasteiger partial charge in [0.25, 0.3) is 5.91 Å². The first-order valence-corrected chi connectivity index (χ1v) is 6.72. The number of rotatable bonds is 3. The van der Waals surface area contributed by atoms with Gasteiger partial charge in [-0.1, -0.05) is 0 Å². The second-order valence-electron chi connectivity index (χ2n) is 5.06. The molecule has 1 amide bonds. The van der Waals surface area contributed by atoms with Crippen molar-refractivity contribution in [2.24, 2.45) is 5.92 Å². The van der Waals surface area contributed by atoms with Crippen LogP contribution < -0.4 is 10.6 Å². The van der Waals surface area contributed by atoms with E-state index in [0.717, 1.165) is 19.5 Å². The molecule has 0 bridgehead atoms. The van der Waals surface area contributed by atoms with Crippen LogP contribution in [0.5, 0.6) is 0 Å². The Morgan fingerprint density at radius 2 is 2.15 bits per heavy atom. The van der Waals surface area contributed by atoms with Crippen LogP contribution >= 0.6 is 12.4 Å². The standard InChI is InChI=1S/C15H19N3O.ClH/c1-11(14-3-2-8-17-10-14)18-15(19)13-6-4-12(9-16)5-7-13;/h4-7,11,14,17H,2-3,8,10H2,1H3,(H,18,19);1H. The van der Waals surface area contributed by atoms with Gasteiger partial charge in [-0.15, -0.1) is 12.4 Å². The van der Waals surface area contributed by atoms with E-state index in [1.165, 1.54) is 6.42 Å². The third-order valence-electron chi connectivity index (χ3n) is 3.68. The van der Waals surface area contributed by atoms with Crippen LogP contribution in [0.2, 0.25) is 0 Å². The molecule has 2 atom stereocenters. The minimum Gasteiger partial charge on any atom is -0.349 e. The van der Waals surface area contributed by atoms with Gasteiger partial charge in [0.15, 0.2) is 0 Å². The molecule has 1 fully saturated rings. The molecule has 20 heavy (non-hydrogen) atoms. The molecule has 1 aromatic carbocycles. The fourth-order valence-corrected chi connectivity index (χ4v) is 2.41. The zero-order valence-corrected chi connectivity index (χ0v) is 12.4. The van der Waals surface area contributed by atoms with Crippen molar-refractivity contribution in [3.8, 4) is 6.07 Å². The number of piperidine rings is 1. The molecule has 1 aliphatic rings. The van der Waals surface area contributed by atoms with Gasteiger partial charge in [-0.2, -0.15) is 5.26 Å². The Labute approximate surface area is 126 Å². The maximum atomic E-state index is 12.1. The monoisotopic (exact) mass is 293 g/mol. The van der Waals surface area contributed by atoms with Crippen LogP contribution in [-0.4, -0.2) is 25.0 Å². The van der Waals surface area contributed by atoms with E-state index in [4.69, 9.17) is 5.26 Å². The third kappa shape index (κ3) is 4.22. The van der Waals surface area contributed by atoms with Gasteiger partial charge in [-0.3, -0.25) is 4.79 Å². The number of benzene rings is 1. The fourth-order valence-electron chi connectivity index (χ4n) is 2.41. The van der Waals surface area contributed by atoms with Crippen LogP contribution in [0.4, 0.5) is 0 Å². The van der Waals surface area contributed by atoms with Gasteiger partial charge in [0.05, 0.1) is 11.6 Å². The first kappa shape index (κ1) is 16.5. The number of carbonyl (C=O) groups excluding carboxylic acids is 1. The van der Waals surface area contributed by atoms with E-state index in [9.17, 15) is 4.79 Å². The van der Waals surface area contributed by atoms with Crippen LogP contribution in [0, 0.1) is 17.2 Å². The van der Waals surface area contributed by atoms with Crippen LogP contribution in [-0.2, 0) is 0 Å². The second kappa shape index (κ2) is 7.88. The SMILES string of the molecule is CC(NC(=O)c1ccc(C#N)cc1)C1CCCNC1.Cl. The van der Waals surface area contributed by atoms with Crippen LogP contribution in [0.1, 0.15) is 35.7 Å². The van der Waals surface area contributed by atoms with E-state index in [1.807, 2.05) is 6.07 Å². The summed E-state index contributed by atoms with van der Waals surface area (Å²) in [6, 6.07) is 8.93. The molecule has 0 spiro atoms. The van der Waals surface area contributed by atoms with Crippen molar-refractivity contribution < 1.29 is 4.79 Å². The van der Waals surface area contributed by atoms with E-state index in [2.05, 4.69) is 17.6 Å². The smallest absolute Gasteiger partial charge is 0.251 e. The molecule has 108 valence electrons. The summed E-state index contributed by atoms with van der Waals surface area (Å²) in [5.41, 5.74) is 1.18. The Morgan fingerprint density at radius 3 is 2.70 bits per heavy atom. The van der Waals surface area contributed by atoms with E-state index >= 15 is 0 Å². The van der Waals surface area contributed by atoms with E-state index < -0.39 is 0 Å². The molecule has 1 saturated heterocycles. The lowest BCUT2D eigenvalue weighted by atomic mass is 9.92. The molecule has 1 heterocycles. The minimum atomic E-state index is -0.0671. The number of nitrogens with one attached hydrogen (secondary N) is 2. The molecule has 0 radical (unpaired) electrons. The predicted octanol–water partition coefficient (Wildman–Crippen LogP) is 2.10. The van der Waals surface area contributed by atoms with Gasteiger partial charge in [-0.05, 0) is 63.0 Å². The number of halogens is 1. The summed E-state index contributed by atoms with van der Waals surface area (Å²) < 4.78 is 0. The minimum absolute atomic E-state index is 0. The fraction of sp³-hybridized carbons (Fsp3) is 0.467. The number of hydrogen-bond donors (Lipinski definition) is 2. The average Bonchev–Trinajstić information content (AvgIpc) is 2.48. The highest BCUT2D eigenvalue weighted by atomic mass is 35.5. The van der Waals surface area contributed by atoms with Crippen molar-refractivity contribution in [2.45, 2.75) is 25.8 Å². The van der Waals surface area contributed by atoms with E-state index in [0.29, 0.717) is 17.0 Å². The topological polar surface area (TPSA) is 64.9 Å². The van der Waals surface area contributed by atoms with Crippen LogP contribution in [0.25, 0.3) is 0 Å². The number of nitriles is 1. The number of nitrogens with zero attached hydrogens (tertiary/aromatic N) is 1. The average molecular weight is 294 g/mol. The van der Waals surface area contributed by atoms with Gasteiger partial charge in [0.1, 0.15) is 0 Å². The highest BCUT2D eigenvalue weighted by molar-refractivity contribution is 5.94. The first-order chi connectivity index (χ1) is 9.20. The van der Waals surface area contributed by atoms with Crippen molar-refractivity contribution in [1.29, 1.82) is 5.26 Å². The first-order valence-electron chi connectivity index (χ1n) is 6.72. The predicted molar refractivity (Wildman–Crippen MR) is 80.9 cm³/mol. The maximum absolute atomic E-state index is 12.1.